The van der Waals surface area contributed by atoms with Crippen LogP contribution in [0.3, 0.4) is 0 Å². The number of thiophene rings is 2. The SMILES string of the molecule is CCc1cc(N(c2cccc(-c3ccccc3)c2)c2cccc3c4c(sc23)CCC=C4)c2cc3c4c(cc(N(c5cccc(-c6ccccc6)c5)c5cccc6c5sc5ccccc56)c5ccc1c2c54)CCC3(C)C. The van der Waals surface area contributed by atoms with E-state index in [9.17, 15) is 0 Å². The zero-order chi connectivity index (χ0) is 49.9. The van der Waals surface area contributed by atoms with Gasteiger partial charge in [-0.3, -0.25) is 0 Å². The van der Waals surface area contributed by atoms with E-state index in [1.807, 2.05) is 22.7 Å². The van der Waals surface area contributed by atoms with Crippen LogP contribution in [0.4, 0.5) is 34.1 Å². The van der Waals surface area contributed by atoms with Crippen molar-refractivity contribution in [2.75, 3.05) is 9.80 Å². The molecule has 0 bridgehead atoms. The molecule has 2 aliphatic carbocycles. The van der Waals surface area contributed by atoms with Crippen molar-refractivity contribution in [1.82, 2.24) is 0 Å². The van der Waals surface area contributed by atoms with E-state index in [0.29, 0.717) is 0 Å². The van der Waals surface area contributed by atoms with Gasteiger partial charge in [0.2, 0.25) is 0 Å². The van der Waals surface area contributed by atoms with E-state index >= 15 is 0 Å². The van der Waals surface area contributed by atoms with Gasteiger partial charge in [-0.05, 0) is 159 Å². The lowest BCUT2D eigenvalue weighted by molar-refractivity contribution is 0.475. The molecule has 2 heterocycles. The molecule has 2 aliphatic rings. The molecule has 13 aromatic rings. The van der Waals surface area contributed by atoms with Crippen LogP contribution in [-0.2, 0) is 24.7 Å². The van der Waals surface area contributed by atoms with Crippen LogP contribution in [0.2, 0.25) is 0 Å². The van der Waals surface area contributed by atoms with Crippen LogP contribution >= 0.6 is 22.7 Å². The molecule has 2 nitrogen and oxygen atoms in total. The Bertz CT molecular complexity index is 4440. The summed E-state index contributed by atoms with van der Waals surface area (Å²) in [6, 6.07) is 75.9. The smallest absolute Gasteiger partial charge is 0.0640 e. The number of fused-ring (bicyclic) bond motifs is 6. The van der Waals surface area contributed by atoms with Crippen molar-refractivity contribution < 1.29 is 0 Å². The summed E-state index contributed by atoms with van der Waals surface area (Å²) < 4.78 is 3.95. The second kappa shape index (κ2) is 17.3. The number of hydrogen-bond donors (Lipinski definition) is 0. The molecule has 75 heavy (non-hydrogen) atoms. The average Bonchev–Trinajstić information content (AvgIpc) is 4.11. The molecule has 0 amide bonds. The van der Waals surface area contributed by atoms with Gasteiger partial charge in [0.25, 0.3) is 0 Å². The van der Waals surface area contributed by atoms with Crippen LogP contribution in [0.25, 0.3) is 90.9 Å². The molecule has 0 fully saturated rings. The summed E-state index contributed by atoms with van der Waals surface area (Å²) >= 11 is 3.90. The Hall–Kier alpha value is -8.02. The summed E-state index contributed by atoms with van der Waals surface area (Å²) in [4.78, 5) is 6.74. The summed E-state index contributed by atoms with van der Waals surface area (Å²) in [6.07, 6.45) is 9.89. The molecule has 15 rings (SSSR count). The van der Waals surface area contributed by atoms with E-state index in [0.717, 1.165) is 43.5 Å². The number of nitrogens with zero attached hydrogens (tertiary/aromatic N) is 2. The highest BCUT2D eigenvalue weighted by Crippen LogP contribution is 2.56. The van der Waals surface area contributed by atoms with Crippen molar-refractivity contribution in [3.8, 4) is 22.3 Å². The number of rotatable bonds is 9. The van der Waals surface area contributed by atoms with Crippen LogP contribution in [0, 0.1) is 0 Å². The first-order valence-electron chi connectivity index (χ1n) is 26.7. The normalized spacial score (nSPS) is 14.0. The Labute approximate surface area is 446 Å². The Morgan fingerprint density at radius 3 is 1.76 bits per heavy atom. The van der Waals surface area contributed by atoms with Crippen molar-refractivity contribution in [2.24, 2.45) is 0 Å². The second-order valence-electron chi connectivity index (χ2n) is 21.4. The maximum absolute atomic E-state index is 2.64. The lowest BCUT2D eigenvalue weighted by Gasteiger charge is -2.37. The molecule has 0 N–H and O–H groups in total. The number of aryl methyl sites for hydroxylation is 3. The van der Waals surface area contributed by atoms with Gasteiger partial charge in [-0.2, -0.15) is 0 Å². The number of allylic oxidation sites excluding steroid dienone is 1. The summed E-state index contributed by atoms with van der Waals surface area (Å²) in [5.41, 5.74) is 17.7. The molecule has 0 radical (unpaired) electrons. The first-order valence-corrected chi connectivity index (χ1v) is 28.4. The molecular formula is C71H54N2S2. The summed E-state index contributed by atoms with van der Waals surface area (Å²) in [6.45, 7) is 7.32. The van der Waals surface area contributed by atoms with Gasteiger partial charge in [-0.15, -0.1) is 22.7 Å². The van der Waals surface area contributed by atoms with Crippen LogP contribution in [0.15, 0.2) is 206 Å². The monoisotopic (exact) mass is 998 g/mol. The molecular weight excluding hydrogens is 945 g/mol. The Morgan fingerprint density at radius 2 is 1.05 bits per heavy atom. The van der Waals surface area contributed by atoms with Gasteiger partial charge < -0.3 is 9.80 Å². The lowest BCUT2D eigenvalue weighted by atomic mass is 9.70. The Balaban J connectivity index is 1.06. The predicted octanol–water partition coefficient (Wildman–Crippen LogP) is 21.2. The quantitative estimate of drug-likeness (QED) is 0.133. The molecule has 4 heteroatoms. The van der Waals surface area contributed by atoms with E-state index in [-0.39, 0.29) is 5.41 Å². The molecule has 0 saturated heterocycles. The van der Waals surface area contributed by atoms with E-state index in [1.165, 1.54) is 135 Å². The van der Waals surface area contributed by atoms with Crippen LogP contribution < -0.4 is 9.80 Å². The number of hydrogen-bond acceptors (Lipinski definition) is 4. The first-order chi connectivity index (χ1) is 36.9. The van der Waals surface area contributed by atoms with Gasteiger partial charge in [0.05, 0.1) is 32.1 Å². The second-order valence-corrected chi connectivity index (χ2v) is 23.6. The average molecular weight is 999 g/mol. The van der Waals surface area contributed by atoms with E-state index in [1.54, 1.807) is 0 Å². The molecule has 2 aromatic heterocycles. The van der Waals surface area contributed by atoms with Gasteiger partial charge in [0.1, 0.15) is 0 Å². The highest BCUT2D eigenvalue weighted by atomic mass is 32.1. The fourth-order valence-corrected chi connectivity index (χ4v) is 15.5. The minimum absolute atomic E-state index is 0.0500. The Morgan fingerprint density at radius 1 is 0.453 bits per heavy atom. The lowest BCUT2D eigenvalue weighted by Crippen LogP contribution is -2.24. The van der Waals surface area contributed by atoms with Crippen molar-refractivity contribution in [2.45, 2.75) is 58.3 Å². The predicted molar refractivity (Wildman–Crippen MR) is 327 cm³/mol. The van der Waals surface area contributed by atoms with Crippen LogP contribution in [0.5, 0.6) is 0 Å². The van der Waals surface area contributed by atoms with Crippen molar-refractivity contribution in [3.63, 3.8) is 0 Å². The maximum atomic E-state index is 2.64. The summed E-state index contributed by atoms with van der Waals surface area (Å²) in [5, 5.41) is 12.1. The zero-order valence-corrected chi connectivity index (χ0v) is 44.1. The molecule has 11 aromatic carbocycles. The maximum Gasteiger partial charge on any atom is 0.0640 e. The molecule has 0 saturated carbocycles. The van der Waals surface area contributed by atoms with Gasteiger partial charge in [0, 0.05) is 53.3 Å². The van der Waals surface area contributed by atoms with Gasteiger partial charge >= 0.3 is 0 Å². The van der Waals surface area contributed by atoms with Crippen LogP contribution in [-0.4, -0.2) is 0 Å². The van der Waals surface area contributed by atoms with Gasteiger partial charge in [-0.25, -0.2) is 0 Å². The largest absolute Gasteiger partial charge is 0.308 e. The van der Waals surface area contributed by atoms with Crippen molar-refractivity contribution >= 4 is 125 Å². The first kappa shape index (κ1) is 44.5. The van der Waals surface area contributed by atoms with E-state index < -0.39 is 0 Å². The van der Waals surface area contributed by atoms with E-state index in [2.05, 4.69) is 243 Å². The topological polar surface area (TPSA) is 6.48 Å². The molecule has 0 aliphatic heterocycles. The molecule has 360 valence electrons. The number of anilines is 6. The molecule has 0 unspecified atom stereocenters. The molecule has 0 atom stereocenters. The summed E-state index contributed by atoms with van der Waals surface area (Å²) in [5.74, 6) is 0. The van der Waals surface area contributed by atoms with Crippen LogP contribution in [0.1, 0.15) is 60.7 Å². The minimum Gasteiger partial charge on any atom is -0.308 e. The van der Waals surface area contributed by atoms with E-state index in [4.69, 9.17) is 0 Å². The highest BCUT2D eigenvalue weighted by Gasteiger charge is 2.34. The Kier molecular flexibility index (Phi) is 10.2. The number of benzene rings is 11. The summed E-state index contributed by atoms with van der Waals surface area (Å²) in [7, 11) is 0. The standard InChI is InChI=1S/C71H54N2S2/c1-4-44-41-63(73(51-26-16-24-48(40-51)46-21-9-6-10-22-46)61-32-18-30-56-54-28-12-14-34-65(54)75-70(56)61)58-43-59-66-49(37-38-71(59,2)3)42-62(57-36-35-52(44)67(58)68(57)66)72(50-25-15-23-47(39-50)45-19-7-5-8-20-45)60-31-17-29-55-53-27-11-13-33-64(53)74-69(55)60/h5-13,15-33,35-36,39-43H,4,14,34,37-38H2,1-3H3. The third-order valence-corrected chi connectivity index (χ3v) is 19.2. The fourth-order valence-electron chi connectivity index (χ4n) is 13.0. The van der Waals surface area contributed by atoms with Gasteiger partial charge in [-0.1, -0.05) is 172 Å². The van der Waals surface area contributed by atoms with Gasteiger partial charge in [0.15, 0.2) is 0 Å². The van der Waals surface area contributed by atoms with Crippen molar-refractivity contribution in [3.05, 3.63) is 233 Å². The molecule has 0 spiro atoms. The fraction of sp³-hybridized carbons (Fsp3) is 0.127. The highest BCUT2D eigenvalue weighted by molar-refractivity contribution is 7.26. The third kappa shape index (κ3) is 6.96. The minimum atomic E-state index is -0.0500. The van der Waals surface area contributed by atoms with Crippen molar-refractivity contribution in [1.29, 1.82) is 0 Å². The zero-order valence-electron chi connectivity index (χ0n) is 42.5. The third-order valence-electron chi connectivity index (χ3n) is 16.7.